The van der Waals surface area contributed by atoms with E-state index in [1.807, 2.05) is 0 Å². The maximum absolute atomic E-state index is 12.7. The molecular weight excluding hydrogens is 215 g/mol. The van der Waals surface area contributed by atoms with E-state index in [9.17, 15) is 9.50 Å². The van der Waals surface area contributed by atoms with E-state index in [0.29, 0.717) is 16.1 Å². The zero-order chi connectivity index (χ0) is 10.8. The van der Waals surface area contributed by atoms with Crippen molar-refractivity contribution >= 4 is 11.6 Å². The first-order valence-corrected chi connectivity index (χ1v) is 4.79. The van der Waals surface area contributed by atoms with E-state index in [1.165, 1.54) is 12.1 Å². The molecule has 0 heterocycles. The number of halogens is 2. The lowest BCUT2D eigenvalue weighted by Gasteiger charge is -2.06. The highest BCUT2D eigenvalue weighted by Crippen LogP contribution is 2.35. The fourth-order valence-electron chi connectivity index (χ4n) is 1.42. The lowest BCUT2D eigenvalue weighted by Crippen LogP contribution is -1.81. The molecule has 0 atom stereocenters. The van der Waals surface area contributed by atoms with Gasteiger partial charge in [0.1, 0.15) is 11.6 Å². The fraction of sp³-hybridized carbons (Fsp3) is 0. The summed E-state index contributed by atoms with van der Waals surface area (Å²) in [6.07, 6.45) is 0. The number of benzene rings is 2. The lowest BCUT2D eigenvalue weighted by molar-refractivity contribution is 0.477. The van der Waals surface area contributed by atoms with E-state index >= 15 is 0 Å². The minimum absolute atomic E-state index is 0.0918. The first kappa shape index (κ1) is 9.99. The van der Waals surface area contributed by atoms with E-state index in [0.717, 1.165) is 0 Å². The Morgan fingerprint density at radius 3 is 2.27 bits per heavy atom. The molecule has 0 radical (unpaired) electrons. The van der Waals surface area contributed by atoms with Crippen LogP contribution in [0.5, 0.6) is 5.75 Å². The molecule has 0 aliphatic carbocycles. The van der Waals surface area contributed by atoms with Gasteiger partial charge in [0.2, 0.25) is 0 Å². The van der Waals surface area contributed by atoms with Gasteiger partial charge in [-0.3, -0.25) is 0 Å². The highest BCUT2D eigenvalue weighted by molar-refractivity contribution is 6.33. The molecule has 0 unspecified atom stereocenters. The second-order valence-corrected chi connectivity index (χ2v) is 3.55. The van der Waals surface area contributed by atoms with Crippen molar-refractivity contribution in [2.75, 3.05) is 0 Å². The zero-order valence-corrected chi connectivity index (χ0v) is 8.50. The van der Waals surface area contributed by atoms with Crippen LogP contribution in [0.4, 0.5) is 4.39 Å². The van der Waals surface area contributed by atoms with Gasteiger partial charge in [-0.05, 0) is 29.8 Å². The molecular formula is C12H8ClFO. The van der Waals surface area contributed by atoms with E-state index in [1.54, 1.807) is 30.3 Å². The van der Waals surface area contributed by atoms with Crippen molar-refractivity contribution in [1.29, 1.82) is 0 Å². The molecule has 0 bridgehead atoms. The molecule has 1 nitrogen and oxygen atoms in total. The number of hydrogen-bond acceptors (Lipinski definition) is 1. The smallest absolute Gasteiger partial charge is 0.124 e. The van der Waals surface area contributed by atoms with Crippen LogP contribution >= 0.6 is 11.6 Å². The van der Waals surface area contributed by atoms with Crippen LogP contribution in [0, 0.1) is 5.82 Å². The normalized spacial score (nSPS) is 10.3. The minimum atomic E-state index is -0.315. The van der Waals surface area contributed by atoms with Crippen LogP contribution in [0.1, 0.15) is 0 Å². The number of phenolic OH excluding ortho intramolecular Hbond substituents is 1. The van der Waals surface area contributed by atoms with Crippen LogP contribution in [0.15, 0.2) is 42.5 Å². The number of aromatic hydroxyl groups is 1. The van der Waals surface area contributed by atoms with Crippen molar-refractivity contribution < 1.29 is 9.50 Å². The van der Waals surface area contributed by atoms with Gasteiger partial charge in [-0.1, -0.05) is 29.8 Å². The van der Waals surface area contributed by atoms with Gasteiger partial charge in [0.15, 0.2) is 0 Å². The quantitative estimate of drug-likeness (QED) is 0.777. The molecule has 2 aromatic rings. The molecule has 1 N–H and O–H groups in total. The van der Waals surface area contributed by atoms with Gasteiger partial charge in [-0.2, -0.15) is 0 Å². The summed E-state index contributed by atoms with van der Waals surface area (Å²) >= 11 is 5.95. The maximum atomic E-state index is 12.7. The Hall–Kier alpha value is -1.54. The first-order chi connectivity index (χ1) is 7.18. The predicted molar refractivity (Wildman–Crippen MR) is 58.5 cm³/mol. The fourth-order valence-corrected chi connectivity index (χ4v) is 1.69. The summed E-state index contributed by atoms with van der Waals surface area (Å²) in [6.45, 7) is 0. The summed E-state index contributed by atoms with van der Waals surface area (Å²) in [5, 5.41) is 10.1. The Morgan fingerprint density at radius 1 is 1.00 bits per heavy atom. The Balaban J connectivity index is 2.58. The van der Waals surface area contributed by atoms with Gasteiger partial charge in [-0.15, -0.1) is 0 Å². The Bertz CT molecular complexity index is 459. The van der Waals surface area contributed by atoms with E-state index < -0.39 is 0 Å². The average molecular weight is 223 g/mol. The van der Waals surface area contributed by atoms with Crippen LogP contribution in [0.25, 0.3) is 11.1 Å². The standard InChI is InChI=1S/C12H8ClFO/c13-10-2-1-3-11(15)12(10)8-4-6-9(14)7-5-8/h1-7,15H. The first-order valence-electron chi connectivity index (χ1n) is 4.42. The summed E-state index contributed by atoms with van der Waals surface area (Å²) in [6, 6.07) is 10.7. The van der Waals surface area contributed by atoms with Crippen molar-refractivity contribution in [2.45, 2.75) is 0 Å². The van der Waals surface area contributed by atoms with Crippen LogP contribution in [-0.4, -0.2) is 5.11 Å². The van der Waals surface area contributed by atoms with E-state index in [-0.39, 0.29) is 11.6 Å². The highest BCUT2D eigenvalue weighted by atomic mass is 35.5. The third-order valence-electron chi connectivity index (χ3n) is 2.12. The summed E-state index contributed by atoms with van der Waals surface area (Å²) < 4.78 is 12.7. The molecule has 76 valence electrons. The third kappa shape index (κ3) is 1.95. The third-order valence-corrected chi connectivity index (χ3v) is 2.44. The van der Waals surface area contributed by atoms with Crippen LogP contribution in [0.3, 0.4) is 0 Å². The van der Waals surface area contributed by atoms with Crippen LogP contribution in [-0.2, 0) is 0 Å². The Kier molecular flexibility index (Phi) is 2.60. The zero-order valence-electron chi connectivity index (χ0n) is 7.74. The summed E-state index contributed by atoms with van der Waals surface area (Å²) in [4.78, 5) is 0. The van der Waals surface area contributed by atoms with Crippen molar-refractivity contribution in [3.63, 3.8) is 0 Å². The predicted octanol–water partition coefficient (Wildman–Crippen LogP) is 3.85. The molecule has 0 aromatic heterocycles. The molecule has 0 spiro atoms. The van der Waals surface area contributed by atoms with Gasteiger partial charge in [0.25, 0.3) is 0 Å². The molecule has 2 aromatic carbocycles. The summed E-state index contributed by atoms with van der Waals surface area (Å²) in [5.41, 5.74) is 1.22. The molecule has 0 fully saturated rings. The number of rotatable bonds is 1. The molecule has 0 saturated heterocycles. The Labute approximate surface area is 91.8 Å². The Morgan fingerprint density at radius 2 is 1.67 bits per heavy atom. The van der Waals surface area contributed by atoms with Gasteiger partial charge < -0.3 is 5.11 Å². The van der Waals surface area contributed by atoms with Crippen molar-refractivity contribution in [3.05, 3.63) is 53.3 Å². The van der Waals surface area contributed by atoms with Gasteiger partial charge >= 0.3 is 0 Å². The van der Waals surface area contributed by atoms with E-state index in [2.05, 4.69) is 0 Å². The molecule has 0 aliphatic heterocycles. The molecule has 15 heavy (non-hydrogen) atoms. The summed E-state index contributed by atoms with van der Waals surface area (Å²) in [7, 11) is 0. The SMILES string of the molecule is Oc1cccc(Cl)c1-c1ccc(F)cc1. The number of phenols is 1. The van der Waals surface area contributed by atoms with Crippen molar-refractivity contribution in [3.8, 4) is 16.9 Å². The van der Waals surface area contributed by atoms with Gasteiger partial charge in [-0.25, -0.2) is 4.39 Å². The number of hydrogen-bond donors (Lipinski definition) is 1. The second kappa shape index (κ2) is 3.91. The molecule has 2 rings (SSSR count). The maximum Gasteiger partial charge on any atom is 0.124 e. The monoisotopic (exact) mass is 222 g/mol. The lowest BCUT2D eigenvalue weighted by atomic mass is 10.0. The van der Waals surface area contributed by atoms with Gasteiger partial charge in [0.05, 0.1) is 5.02 Å². The second-order valence-electron chi connectivity index (χ2n) is 3.14. The minimum Gasteiger partial charge on any atom is -0.507 e. The van der Waals surface area contributed by atoms with Crippen molar-refractivity contribution in [1.82, 2.24) is 0 Å². The molecule has 3 heteroatoms. The average Bonchev–Trinajstić information content (AvgIpc) is 2.20. The molecule has 0 amide bonds. The van der Waals surface area contributed by atoms with Crippen molar-refractivity contribution in [2.24, 2.45) is 0 Å². The highest BCUT2D eigenvalue weighted by Gasteiger charge is 2.08. The summed E-state index contributed by atoms with van der Waals surface area (Å²) in [5.74, 6) is -0.223. The molecule has 0 aliphatic rings. The molecule has 0 saturated carbocycles. The van der Waals surface area contributed by atoms with Gasteiger partial charge in [0, 0.05) is 5.56 Å². The largest absolute Gasteiger partial charge is 0.507 e. The van der Waals surface area contributed by atoms with Crippen LogP contribution < -0.4 is 0 Å². The van der Waals surface area contributed by atoms with Crippen LogP contribution in [0.2, 0.25) is 5.02 Å². The van der Waals surface area contributed by atoms with E-state index in [4.69, 9.17) is 11.6 Å². The topological polar surface area (TPSA) is 20.2 Å².